The fourth-order valence-electron chi connectivity index (χ4n) is 3.13. The first-order chi connectivity index (χ1) is 15.4. The van der Waals surface area contributed by atoms with Gasteiger partial charge >= 0.3 is 6.01 Å². The number of hydrogen-bond acceptors (Lipinski definition) is 4. The average molecular weight is 467 g/mol. The molecule has 0 aliphatic carbocycles. The molecule has 0 atom stereocenters. The summed E-state index contributed by atoms with van der Waals surface area (Å²) in [6, 6.07) is 20.3. The zero-order valence-corrected chi connectivity index (χ0v) is 19.0. The molecule has 8 heteroatoms. The van der Waals surface area contributed by atoms with Crippen LogP contribution in [-0.2, 0) is 0 Å². The number of anilines is 1. The Bertz CT molecular complexity index is 1230. The van der Waals surface area contributed by atoms with Crippen LogP contribution in [0.3, 0.4) is 0 Å². The van der Waals surface area contributed by atoms with Gasteiger partial charge in [-0.3, -0.25) is 4.79 Å². The molecule has 3 aromatic carbocycles. The number of benzene rings is 3. The Balaban J connectivity index is 1.61. The van der Waals surface area contributed by atoms with Crippen molar-refractivity contribution in [2.75, 3.05) is 11.9 Å². The molecule has 0 spiro atoms. The van der Waals surface area contributed by atoms with E-state index in [1.165, 1.54) is 0 Å². The van der Waals surface area contributed by atoms with Crippen molar-refractivity contribution in [3.8, 4) is 23.1 Å². The smallest absolute Gasteiger partial charge is 0.336 e. The molecule has 0 bridgehead atoms. The summed E-state index contributed by atoms with van der Waals surface area (Å²) in [5.41, 5.74) is 3.86. The normalized spacial score (nSPS) is 10.8. The van der Waals surface area contributed by atoms with E-state index >= 15 is 0 Å². The Morgan fingerprint density at radius 2 is 1.66 bits per heavy atom. The van der Waals surface area contributed by atoms with E-state index in [-0.39, 0.29) is 5.91 Å². The molecule has 4 rings (SSSR count). The molecule has 1 N–H and O–H groups in total. The summed E-state index contributed by atoms with van der Waals surface area (Å²) >= 11 is 12.0. The van der Waals surface area contributed by atoms with Gasteiger partial charge < -0.3 is 10.1 Å². The third-order valence-corrected chi connectivity index (χ3v) is 5.10. The Kier molecular flexibility index (Phi) is 6.44. The van der Waals surface area contributed by atoms with E-state index in [1.807, 2.05) is 50.2 Å². The Labute approximate surface area is 195 Å². The predicted octanol–water partition coefficient (Wildman–Crippen LogP) is 6.20. The highest BCUT2D eigenvalue weighted by Gasteiger charge is 2.15. The van der Waals surface area contributed by atoms with E-state index in [4.69, 9.17) is 27.9 Å². The van der Waals surface area contributed by atoms with Crippen LogP contribution >= 0.6 is 23.2 Å². The van der Waals surface area contributed by atoms with Crippen LogP contribution in [0.5, 0.6) is 6.01 Å². The van der Waals surface area contributed by atoms with Gasteiger partial charge in [-0.25, -0.2) is 4.68 Å². The summed E-state index contributed by atoms with van der Waals surface area (Å²) in [4.78, 5) is 17.1. The molecule has 0 saturated heterocycles. The van der Waals surface area contributed by atoms with Gasteiger partial charge in [0.15, 0.2) is 5.82 Å². The molecule has 0 saturated carbocycles. The number of amides is 1. The van der Waals surface area contributed by atoms with Gasteiger partial charge in [0, 0.05) is 26.9 Å². The monoisotopic (exact) mass is 466 g/mol. The standard InChI is InChI=1S/C24H20Cl2N4O2/c1-3-32-24-28-22(16-6-4-15(2)5-7-16)30(29-24)21-10-8-20(9-11-21)27-23(31)17-12-18(25)14-19(26)13-17/h4-14H,3H2,1-2H3,(H,27,31). The van der Waals surface area contributed by atoms with Crippen LogP contribution in [0.2, 0.25) is 10.0 Å². The first-order valence-corrected chi connectivity index (χ1v) is 10.7. The Hall–Kier alpha value is -3.35. The number of ether oxygens (including phenoxy) is 1. The zero-order valence-electron chi connectivity index (χ0n) is 17.5. The van der Waals surface area contributed by atoms with Crippen molar-refractivity contribution in [3.63, 3.8) is 0 Å². The van der Waals surface area contributed by atoms with Gasteiger partial charge in [-0.05, 0) is 56.3 Å². The lowest BCUT2D eigenvalue weighted by Gasteiger charge is -2.09. The molecular weight excluding hydrogens is 447 g/mol. The second-order valence-electron chi connectivity index (χ2n) is 7.09. The topological polar surface area (TPSA) is 69.0 Å². The number of aromatic nitrogens is 3. The SMILES string of the molecule is CCOc1nc(-c2ccc(C)cc2)n(-c2ccc(NC(=O)c3cc(Cl)cc(Cl)c3)cc2)n1. The molecule has 32 heavy (non-hydrogen) atoms. The number of carbonyl (C=O) groups excluding carboxylic acids is 1. The van der Waals surface area contributed by atoms with Crippen LogP contribution in [0.4, 0.5) is 5.69 Å². The first kappa shape index (κ1) is 21.9. The first-order valence-electron chi connectivity index (χ1n) is 9.97. The van der Waals surface area contributed by atoms with Crippen molar-refractivity contribution in [1.82, 2.24) is 14.8 Å². The Morgan fingerprint density at radius 3 is 2.28 bits per heavy atom. The van der Waals surface area contributed by atoms with E-state index in [9.17, 15) is 4.79 Å². The summed E-state index contributed by atoms with van der Waals surface area (Å²) in [6.45, 7) is 4.39. The molecule has 0 fully saturated rings. The van der Waals surface area contributed by atoms with Gasteiger partial charge in [-0.2, -0.15) is 4.98 Å². The average Bonchev–Trinajstić information content (AvgIpc) is 3.18. The van der Waals surface area contributed by atoms with Gasteiger partial charge in [-0.1, -0.05) is 53.0 Å². The molecule has 4 aromatic rings. The fraction of sp³-hybridized carbons (Fsp3) is 0.125. The second kappa shape index (κ2) is 9.42. The molecule has 0 aliphatic heterocycles. The van der Waals surface area contributed by atoms with Gasteiger partial charge in [0.2, 0.25) is 0 Å². The highest BCUT2D eigenvalue weighted by molar-refractivity contribution is 6.35. The van der Waals surface area contributed by atoms with E-state index in [1.54, 1.807) is 35.0 Å². The molecule has 1 heterocycles. The Morgan fingerprint density at radius 1 is 1.00 bits per heavy atom. The van der Waals surface area contributed by atoms with Crippen molar-refractivity contribution in [2.24, 2.45) is 0 Å². The number of nitrogens with one attached hydrogen (secondary N) is 1. The van der Waals surface area contributed by atoms with Gasteiger partial charge in [0.05, 0.1) is 12.3 Å². The van der Waals surface area contributed by atoms with Crippen LogP contribution in [0, 0.1) is 6.92 Å². The van der Waals surface area contributed by atoms with E-state index in [0.717, 1.165) is 16.8 Å². The molecule has 6 nitrogen and oxygen atoms in total. The van der Waals surface area contributed by atoms with Crippen LogP contribution in [0.1, 0.15) is 22.8 Å². The van der Waals surface area contributed by atoms with Gasteiger partial charge in [0.25, 0.3) is 5.91 Å². The van der Waals surface area contributed by atoms with Crippen LogP contribution in [-0.4, -0.2) is 27.3 Å². The molecule has 0 aliphatic rings. The molecule has 1 amide bonds. The number of aryl methyl sites for hydroxylation is 1. The maximum atomic E-state index is 12.5. The lowest BCUT2D eigenvalue weighted by molar-refractivity contribution is 0.102. The number of halogens is 2. The third kappa shape index (κ3) is 4.93. The van der Waals surface area contributed by atoms with Crippen LogP contribution in [0.15, 0.2) is 66.7 Å². The summed E-state index contributed by atoms with van der Waals surface area (Å²) in [5.74, 6) is 0.362. The van der Waals surface area contributed by atoms with Crippen molar-refractivity contribution < 1.29 is 9.53 Å². The number of carbonyl (C=O) groups is 1. The minimum Gasteiger partial charge on any atom is -0.463 e. The van der Waals surface area contributed by atoms with E-state index < -0.39 is 0 Å². The van der Waals surface area contributed by atoms with Crippen molar-refractivity contribution in [1.29, 1.82) is 0 Å². The molecular formula is C24H20Cl2N4O2. The highest BCUT2D eigenvalue weighted by Crippen LogP contribution is 2.25. The summed E-state index contributed by atoms with van der Waals surface area (Å²) < 4.78 is 7.24. The van der Waals surface area contributed by atoms with Crippen molar-refractivity contribution >= 4 is 34.8 Å². The summed E-state index contributed by atoms with van der Waals surface area (Å²) in [5, 5.41) is 8.14. The maximum absolute atomic E-state index is 12.5. The van der Waals surface area contributed by atoms with Crippen LogP contribution < -0.4 is 10.1 Å². The minimum absolute atomic E-state index is 0.304. The lowest BCUT2D eigenvalue weighted by atomic mass is 10.1. The van der Waals surface area contributed by atoms with Crippen molar-refractivity contribution in [2.45, 2.75) is 13.8 Å². The zero-order chi connectivity index (χ0) is 22.7. The fourth-order valence-corrected chi connectivity index (χ4v) is 3.65. The largest absolute Gasteiger partial charge is 0.463 e. The van der Waals surface area contributed by atoms with Crippen LogP contribution in [0.25, 0.3) is 17.1 Å². The molecule has 0 unspecified atom stereocenters. The summed E-state index contributed by atoms with van der Waals surface area (Å²) in [7, 11) is 0. The highest BCUT2D eigenvalue weighted by atomic mass is 35.5. The third-order valence-electron chi connectivity index (χ3n) is 4.67. The number of nitrogens with zero attached hydrogens (tertiary/aromatic N) is 3. The maximum Gasteiger partial charge on any atom is 0.336 e. The molecule has 162 valence electrons. The van der Waals surface area contributed by atoms with Gasteiger partial charge in [0.1, 0.15) is 0 Å². The molecule has 1 aromatic heterocycles. The second-order valence-corrected chi connectivity index (χ2v) is 7.96. The predicted molar refractivity (Wildman–Crippen MR) is 127 cm³/mol. The lowest BCUT2D eigenvalue weighted by Crippen LogP contribution is -2.12. The van der Waals surface area contributed by atoms with E-state index in [0.29, 0.717) is 39.7 Å². The number of hydrogen-bond donors (Lipinski definition) is 1. The number of rotatable bonds is 6. The summed E-state index contributed by atoms with van der Waals surface area (Å²) in [6.07, 6.45) is 0. The van der Waals surface area contributed by atoms with Gasteiger partial charge in [-0.15, -0.1) is 5.10 Å². The molecule has 0 radical (unpaired) electrons. The van der Waals surface area contributed by atoms with E-state index in [2.05, 4.69) is 15.4 Å². The minimum atomic E-state index is -0.304. The quantitative estimate of drug-likeness (QED) is 0.367. The van der Waals surface area contributed by atoms with Crippen molar-refractivity contribution in [3.05, 3.63) is 87.9 Å².